The van der Waals surface area contributed by atoms with Crippen molar-refractivity contribution in [2.24, 2.45) is 17.3 Å². The quantitative estimate of drug-likeness (QED) is 0.625. The number of ketones is 1. The molecule has 1 aromatic rings. The maximum Gasteiger partial charge on any atom is 0.231 e. The van der Waals surface area contributed by atoms with Crippen LogP contribution in [0.15, 0.2) is 41.0 Å². The van der Waals surface area contributed by atoms with Crippen LogP contribution < -0.4 is 9.47 Å². The molecule has 0 unspecified atom stereocenters. The van der Waals surface area contributed by atoms with Gasteiger partial charge >= 0.3 is 0 Å². The van der Waals surface area contributed by atoms with Crippen molar-refractivity contribution in [3.8, 4) is 23.3 Å². The molecule has 1 aromatic carbocycles. The first-order valence-corrected chi connectivity index (χ1v) is 11.7. The van der Waals surface area contributed by atoms with Gasteiger partial charge in [-0.15, -0.1) is 5.92 Å². The second-order valence-electron chi connectivity index (χ2n) is 10.3. The van der Waals surface area contributed by atoms with E-state index in [9.17, 15) is 9.90 Å². The summed E-state index contributed by atoms with van der Waals surface area (Å²) in [6, 6.07) is 6.08. The molecule has 1 N–H and O–H groups in total. The van der Waals surface area contributed by atoms with Gasteiger partial charge in [0.15, 0.2) is 17.3 Å². The molecule has 0 spiro atoms. The lowest BCUT2D eigenvalue weighted by atomic mass is 9.51. The van der Waals surface area contributed by atoms with E-state index in [1.165, 1.54) is 16.7 Å². The van der Waals surface area contributed by atoms with E-state index in [2.05, 4.69) is 30.9 Å². The van der Waals surface area contributed by atoms with Gasteiger partial charge in [-0.2, -0.15) is 0 Å². The highest BCUT2D eigenvalue weighted by molar-refractivity contribution is 5.93. The van der Waals surface area contributed by atoms with Crippen LogP contribution in [0.5, 0.6) is 11.5 Å². The van der Waals surface area contributed by atoms with E-state index < -0.39 is 17.9 Å². The number of fused-ring (bicyclic) bond motifs is 5. The standard InChI is InChI=1S/C28H30O4/c1-3-11-28(30)12-10-23-21-7-4-17-13-19(29)6-8-20(17)26(21)22(15-27(23,28)2)18-5-9-24-25(14-18)32-16-31-24/h5,9,13-14,21-23,30H,4,6-8,10,12,15-16H2,1-2H3/t21-,22+,23-,27-,28-/m0/s1/i1T3. The first kappa shape index (κ1) is 17.0. The molecule has 0 aromatic heterocycles. The van der Waals surface area contributed by atoms with Crippen LogP contribution in [0.1, 0.15) is 74.3 Å². The molecule has 2 saturated carbocycles. The largest absolute Gasteiger partial charge is 0.454 e. The normalized spacial score (nSPS) is 38.9. The minimum atomic E-state index is -2.40. The zero-order valence-electron chi connectivity index (χ0n) is 21.4. The van der Waals surface area contributed by atoms with Crippen LogP contribution in [0.4, 0.5) is 0 Å². The van der Waals surface area contributed by atoms with E-state index in [1.807, 2.05) is 12.1 Å². The molecule has 2 fully saturated rings. The zero-order valence-corrected chi connectivity index (χ0v) is 18.4. The third-order valence-corrected chi connectivity index (χ3v) is 8.95. The van der Waals surface area contributed by atoms with E-state index in [4.69, 9.17) is 13.6 Å². The fourth-order valence-electron chi connectivity index (χ4n) is 7.40. The van der Waals surface area contributed by atoms with Gasteiger partial charge in [0, 0.05) is 21.9 Å². The molecule has 4 heteroatoms. The van der Waals surface area contributed by atoms with Gasteiger partial charge in [0.05, 0.1) is 0 Å². The molecule has 32 heavy (non-hydrogen) atoms. The van der Waals surface area contributed by atoms with E-state index in [1.54, 1.807) is 0 Å². The number of ether oxygens (including phenoxy) is 2. The van der Waals surface area contributed by atoms with Crippen molar-refractivity contribution in [2.45, 2.75) is 70.2 Å². The number of carbonyl (C=O) groups is 1. The van der Waals surface area contributed by atoms with Gasteiger partial charge in [-0.1, -0.05) is 24.5 Å². The second-order valence-corrected chi connectivity index (χ2v) is 10.3. The topological polar surface area (TPSA) is 55.8 Å². The van der Waals surface area contributed by atoms with Gasteiger partial charge in [0.1, 0.15) is 5.60 Å². The molecule has 0 saturated heterocycles. The Kier molecular flexibility index (Phi) is 3.72. The van der Waals surface area contributed by atoms with Crippen molar-refractivity contribution in [3.63, 3.8) is 0 Å². The molecule has 1 heterocycles. The van der Waals surface area contributed by atoms with Gasteiger partial charge in [0.25, 0.3) is 0 Å². The lowest BCUT2D eigenvalue weighted by Gasteiger charge is -2.53. The van der Waals surface area contributed by atoms with Crippen molar-refractivity contribution in [3.05, 3.63) is 46.6 Å². The molecule has 6 rings (SSSR count). The van der Waals surface area contributed by atoms with Crippen LogP contribution in [-0.4, -0.2) is 23.3 Å². The van der Waals surface area contributed by atoms with E-state index in [-0.39, 0.29) is 30.3 Å². The van der Waals surface area contributed by atoms with Crippen molar-refractivity contribution >= 4 is 5.78 Å². The Hall–Kier alpha value is -2.51. The number of rotatable bonds is 1. The number of aliphatic hydroxyl groups is 1. The number of hydrogen-bond acceptors (Lipinski definition) is 4. The Morgan fingerprint density at radius 3 is 2.94 bits per heavy atom. The first-order valence-electron chi connectivity index (χ1n) is 13.2. The highest BCUT2D eigenvalue weighted by Crippen LogP contribution is 2.66. The summed E-state index contributed by atoms with van der Waals surface area (Å²) in [4.78, 5) is 12.2. The third-order valence-electron chi connectivity index (χ3n) is 8.95. The van der Waals surface area contributed by atoms with Crippen LogP contribution in [0.25, 0.3) is 0 Å². The number of hydrogen-bond donors (Lipinski definition) is 1. The highest BCUT2D eigenvalue weighted by atomic mass is 16.7. The molecule has 0 radical (unpaired) electrons. The van der Waals surface area contributed by atoms with Crippen molar-refractivity contribution in [2.75, 3.05) is 6.79 Å². The Morgan fingerprint density at radius 1 is 1.19 bits per heavy atom. The predicted octanol–water partition coefficient (Wildman–Crippen LogP) is 5.07. The summed E-state index contributed by atoms with van der Waals surface area (Å²) in [7, 11) is 0. The minimum absolute atomic E-state index is 0.0295. The highest BCUT2D eigenvalue weighted by Gasteiger charge is 2.62. The fourth-order valence-corrected chi connectivity index (χ4v) is 7.40. The third kappa shape index (κ3) is 2.70. The Labute approximate surface area is 193 Å². The van der Waals surface area contributed by atoms with Crippen LogP contribution in [0, 0.1) is 29.1 Å². The minimum Gasteiger partial charge on any atom is -0.454 e. The van der Waals surface area contributed by atoms with Gasteiger partial charge in [-0.25, -0.2) is 0 Å². The van der Waals surface area contributed by atoms with Crippen molar-refractivity contribution in [1.29, 1.82) is 0 Å². The summed E-state index contributed by atoms with van der Waals surface area (Å²) in [5.74, 6) is 7.39. The van der Waals surface area contributed by atoms with E-state index in [0.717, 1.165) is 42.7 Å². The second kappa shape index (κ2) is 6.99. The van der Waals surface area contributed by atoms with Crippen LogP contribution in [0.2, 0.25) is 0 Å². The van der Waals surface area contributed by atoms with E-state index in [0.29, 0.717) is 19.3 Å². The van der Waals surface area contributed by atoms with Gasteiger partial charge in [-0.3, -0.25) is 4.79 Å². The maximum atomic E-state index is 12.2. The summed E-state index contributed by atoms with van der Waals surface area (Å²) in [5.41, 5.74) is 3.12. The fraction of sp³-hybridized carbons (Fsp3) is 0.536. The zero-order chi connectivity index (χ0) is 24.6. The van der Waals surface area contributed by atoms with Crippen LogP contribution >= 0.6 is 0 Å². The Balaban J connectivity index is 1.51. The van der Waals surface area contributed by atoms with E-state index >= 15 is 0 Å². The van der Waals surface area contributed by atoms with Crippen LogP contribution in [0.3, 0.4) is 0 Å². The summed E-state index contributed by atoms with van der Waals surface area (Å²) in [5, 5.41) is 11.8. The number of allylic oxidation sites excluding steroid dienone is 4. The molecule has 4 nitrogen and oxygen atoms in total. The summed E-state index contributed by atoms with van der Waals surface area (Å²) in [6.45, 7) is -0.0861. The molecule has 0 bridgehead atoms. The maximum absolute atomic E-state index is 12.2. The summed E-state index contributed by atoms with van der Waals surface area (Å²) in [6.07, 6.45) is 6.92. The Bertz CT molecular complexity index is 1230. The predicted molar refractivity (Wildman–Crippen MR) is 121 cm³/mol. The summed E-state index contributed by atoms with van der Waals surface area (Å²) >= 11 is 0. The van der Waals surface area contributed by atoms with Gasteiger partial charge in [-0.05, 0) is 92.1 Å². The van der Waals surface area contributed by atoms with Crippen LogP contribution in [-0.2, 0) is 4.79 Å². The molecule has 1 aliphatic heterocycles. The molecule has 166 valence electrons. The smallest absolute Gasteiger partial charge is 0.231 e. The molecular formula is C28H30O4. The first-order chi connectivity index (χ1) is 16.6. The lowest BCUT2D eigenvalue weighted by molar-refractivity contribution is -0.114. The molecule has 4 aliphatic carbocycles. The van der Waals surface area contributed by atoms with Crippen molar-refractivity contribution < 1.29 is 23.5 Å². The number of carbonyl (C=O) groups excluding carboxylic acids is 1. The molecule has 5 aliphatic rings. The number of benzene rings is 1. The van der Waals surface area contributed by atoms with Gasteiger partial charge in [0.2, 0.25) is 6.79 Å². The molecule has 0 amide bonds. The van der Waals surface area contributed by atoms with Crippen molar-refractivity contribution in [1.82, 2.24) is 0 Å². The SMILES string of the molecule is [3H]C([3H])([3H])C#C[C@]1(O)CC[C@H]2[C@@H]3CCC4=CC(=O)CCC4=C3[C@@H](c3ccc4c(c3)OCO4)C[C@@]21C. The monoisotopic (exact) mass is 436 g/mol. The lowest BCUT2D eigenvalue weighted by Crippen LogP contribution is -2.51. The molecule has 5 atom stereocenters. The molecular weight excluding hydrogens is 400 g/mol. The average molecular weight is 437 g/mol. The average Bonchev–Trinajstić information content (AvgIpc) is 3.38. The van der Waals surface area contributed by atoms with Gasteiger partial charge < -0.3 is 14.6 Å². The Morgan fingerprint density at radius 2 is 2.06 bits per heavy atom. The summed E-state index contributed by atoms with van der Waals surface area (Å²) < 4.78 is 33.9.